The molecule has 28 heavy (non-hydrogen) atoms. The van der Waals surface area contributed by atoms with Crippen molar-refractivity contribution in [2.45, 2.75) is 70.9 Å². The van der Waals surface area contributed by atoms with Gasteiger partial charge in [0.15, 0.2) is 0 Å². The molecule has 1 aliphatic rings. The van der Waals surface area contributed by atoms with Crippen molar-refractivity contribution in [2.75, 3.05) is 12.4 Å². The normalized spacial score (nSPS) is 19.4. The van der Waals surface area contributed by atoms with Gasteiger partial charge in [0.25, 0.3) is 8.53 Å². The van der Waals surface area contributed by atoms with Gasteiger partial charge < -0.3 is 9.05 Å². The summed E-state index contributed by atoms with van der Waals surface area (Å²) in [5.41, 5.74) is 0. The van der Waals surface area contributed by atoms with E-state index in [4.69, 9.17) is 14.3 Å². The molecule has 0 saturated carbocycles. The van der Waals surface area contributed by atoms with Crippen molar-refractivity contribution in [1.82, 2.24) is 4.67 Å². The lowest BCUT2D eigenvalue weighted by atomic mass is 10.1. The van der Waals surface area contributed by atoms with Crippen LogP contribution in [-0.2, 0) is 9.05 Å². The summed E-state index contributed by atoms with van der Waals surface area (Å²) in [6, 6.07) is 12.8. The number of rotatable bonds is 8. The number of hydrogen-bond donors (Lipinski definition) is 0. The van der Waals surface area contributed by atoms with Gasteiger partial charge in [0, 0.05) is 27.1 Å². The Morgan fingerprint density at radius 2 is 1.86 bits per heavy atom. The van der Waals surface area contributed by atoms with Gasteiger partial charge in [-0.25, -0.2) is 4.67 Å². The van der Waals surface area contributed by atoms with E-state index in [1.165, 1.54) is 0 Å². The first kappa shape index (κ1) is 26.2. The molecule has 0 bridgehead atoms. The molecular formula is C20H32BrN2O2PS2. The summed E-state index contributed by atoms with van der Waals surface area (Å²) in [7, 11) is 2.62. The molecule has 1 fully saturated rings. The summed E-state index contributed by atoms with van der Waals surface area (Å²) in [5.74, 6) is 0.988. The van der Waals surface area contributed by atoms with E-state index in [0.29, 0.717) is 25.1 Å². The molecule has 1 aromatic carbocycles. The van der Waals surface area contributed by atoms with Crippen molar-refractivity contribution in [3.63, 3.8) is 0 Å². The smallest absolute Gasteiger partial charge is 0.259 e. The van der Waals surface area contributed by atoms with Crippen LogP contribution in [-0.4, -0.2) is 40.0 Å². The molecule has 0 spiro atoms. The zero-order chi connectivity index (χ0) is 21.2. The molecule has 0 N–H and O–H groups in total. The highest BCUT2D eigenvalue weighted by atomic mass is 79.9. The van der Waals surface area contributed by atoms with E-state index >= 15 is 0 Å². The minimum atomic E-state index is -1.13. The highest BCUT2D eigenvalue weighted by molar-refractivity contribution is 9.10. The van der Waals surface area contributed by atoms with Gasteiger partial charge in [0.1, 0.15) is 0 Å². The Bertz CT molecular complexity index is 592. The molecule has 8 heteroatoms. The van der Waals surface area contributed by atoms with Gasteiger partial charge in [-0.3, -0.25) is 0 Å². The number of benzene rings is 1. The largest absolute Gasteiger partial charge is 0.321 e. The zero-order valence-corrected chi connectivity index (χ0v) is 21.7. The average molecular weight is 508 g/mol. The van der Waals surface area contributed by atoms with Gasteiger partial charge in [-0.05, 0) is 53.7 Å². The van der Waals surface area contributed by atoms with Crippen molar-refractivity contribution in [3.05, 3.63) is 34.8 Å². The van der Waals surface area contributed by atoms with Gasteiger partial charge >= 0.3 is 0 Å². The molecule has 0 aliphatic carbocycles. The van der Waals surface area contributed by atoms with E-state index in [1.807, 2.05) is 51.9 Å². The Labute approximate surface area is 188 Å². The van der Waals surface area contributed by atoms with Crippen LogP contribution < -0.4 is 0 Å². The van der Waals surface area contributed by atoms with Gasteiger partial charge in [-0.1, -0.05) is 55.7 Å². The van der Waals surface area contributed by atoms with Crippen LogP contribution in [0.1, 0.15) is 48.0 Å². The van der Waals surface area contributed by atoms with Crippen LogP contribution in [0.5, 0.6) is 0 Å². The first-order valence-corrected chi connectivity index (χ1v) is 13.7. The van der Waals surface area contributed by atoms with Crippen LogP contribution in [0, 0.1) is 11.3 Å². The second-order valence-corrected chi connectivity index (χ2v) is 12.7. The molecule has 1 heterocycles. The van der Waals surface area contributed by atoms with Crippen LogP contribution in [0.25, 0.3) is 0 Å². The highest BCUT2D eigenvalue weighted by Crippen LogP contribution is 2.55. The average Bonchev–Trinajstić information content (AvgIpc) is 2.94. The van der Waals surface area contributed by atoms with Crippen LogP contribution in [0.15, 0.2) is 34.8 Å². The predicted octanol–water partition coefficient (Wildman–Crippen LogP) is 7.27. The topological polar surface area (TPSA) is 45.5 Å². The first-order valence-electron chi connectivity index (χ1n) is 9.45. The van der Waals surface area contributed by atoms with Crippen LogP contribution >= 0.6 is 46.0 Å². The molecule has 0 radical (unpaired) electrons. The lowest BCUT2D eigenvalue weighted by Crippen LogP contribution is -2.38. The Morgan fingerprint density at radius 3 is 2.25 bits per heavy atom. The summed E-state index contributed by atoms with van der Waals surface area (Å²) in [4.78, 5) is 0. The van der Waals surface area contributed by atoms with Gasteiger partial charge in [-0.15, -0.1) is 0 Å². The molecule has 158 valence electrons. The maximum atomic E-state index is 8.72. The van der Waals surface area contributed by atoms with E-state index in [9.17, 15) is 0 Å². The second-order valence-electron chi connectivity index (χ2n) is 7.41. The summed E-state index contributed by atoms with van der Waals surface area (Å²) < 4.78 is 15.8. The quantitative estimate of drug-likeness (QED) is 0.210. The minimum absolute atomic E-state index is 0.101. The van der Waals surface area contributed by atoms with Crippen molar-refractivity contribution >= 4 is 46.0 Å². The molecule has 1 aliphatic heterocycles. The van der Waals surface area contributed by atoms with Crippen LogP contribution in [0.2, 0.25) is 0 Å². The van der Waals surface area contributed by atoms with Crippen LogP contribution in [0.3, 0.4) is 0 Å². The maximum absolute atomic E-state index is 8.72. The van der Waals surface area contributed by atoms with Gasteiger partial charge in [0.2, 0.25) is 0 Å². The van der Waals surface area contributed by atoms with Gasteiger partial charge in [0.05, 0.1) is 25.2 Å². The third-order valence-electron chi connectivity index (χ3n) is 3.88. The number of halogens is 1. The fraction of sp³-hybridized carbons (Fsp3) is 0.650. The third-order valence-corrected chi connectivity index (χ3v) is 9.85. The predicted molar refractivity (Wildman–Crippen MR) is 128 cm³/mol. The summed E-state index contributed by atoms with van der Waals surface area (Å²) >= 11 is 3.31. The Morgan fingerprint density at radius 1 is 1.25 bits per heavy atom. The molecule has 2 unspecified atom stereocenters. The molecular weight excluding hydrogens is 475 g/mol. The second kappa shape index (κ2) is 13.5. The maximum Gasteiger partial charge on any atom is 0.259 e. The lowest BCUT2D eigenvalue weighted by Gasteiger charge is -2.38. The van der Waals surface area contributed by atoms with E-state index in [0.717, 1.165) is 10.2 Å². The first-order chi connectivity index (χ1) is 13.2. The van der Waals surface area contributed by atoms with Crippen molar-refractivity contribution < 1.29 is 9.05 Å². The SMILES string of the molecule is Brc1ccccc1.CC(C)N(C(C)C)P(OCCC#N)OC1CSSC1(C)C. The Balaban J connectivity index is 0.000000467. The molecule has 2 atom stereocenters. The highest BCUT2D eigenvalue weighted by Gasteiger charge is 2.41. The summed E-state index contributed by atoms with van der Waals surface area (Å²) in [6.07, 6.45) is 0.588. The lowest BCUT2D eigenvalue weighted by molar-refractivity contribution is 0.129. The summed E-state index contributed by atoms with van der Waals surface area (Å²) in [5, 5.41) is 8.72. The Hall–Kier alpha value is 0.200. The zero-order valence-electron chi connectivity index (χ0n) is 17.6. The fourth-order valence-electron chi connectivity index (χ4n) is 2.48. The van der Waals surface area contributed by atoms with E-state index in [2.05, 4.69) is 68.2 Å². The van der Waals surface area contributed by atoms with E-state index in [-0.39, 0.29) is 10.9 Å². The molecule has 0 aromatic heterocycles. The molecule has 2 rings (SSSR count). The van der Waals surface area contributed by atoms with Crippen molar-refractivity contribution in [3.8, 4) is 6.07 Å². The Kier molecular flexibility index (Phi) is 12.6. The number of nitrogens with zero attached hydrogens (tertiary/aromatic N) is 2. The van der Waals surface area contributed by atoms with E-state index < -0.39 is 8.53 Å². The van der Waals surface area contributed by atoms with Crippen LogP contribution in [0.4, 0.5) is 0 Å². The van der Waals surface area contributed by atoms with Crippen molar-refractivity contribution in [1.29, 1.82) is 5.26 Å². The van der Waals surface area contributed by atoms with Gasteiger partial charge in [-0.2, -0.15) is 5.26 Å². The monoisotopic (exact) mass is 506 g/mol. The standard InChI is InChI=1S/C14H27N2O2PS2.C6H5Br/c1-11(2)16(12(3)4)19(17-9-7-8-15)18-13-10-20-21-14(13,5)6;7-6-4-2-1-3-5-6/h11-13H,7,9-10H2,1-6H3;1-5H. The summed E-state index contributed by atoms with van der Waals surface area (Å²) in [6.45, 7) is 13.5. The minimum Gasteiger partial charge on any atom is -0.321 e. The number of nitriles is 1. The van der Waals surface area contributed by atoms with E-state index in [1.54, 1.807) is 0 Å². The van der Waals surface area contributed by atoms with Crippen molar-refractivity contribution in [2.24, 2.45) is 0 Å². The molecule has 1 aromatic rings. The molecule has 1 saturated heterocycles. The number of hydrogen-bond acceptors (Lipinski definition) is 6. The fourth-order valence-corrected chi connectivity index (χ4v) is 7.95. The molecule has 0 amide bonds. The third kappa shape index (κ3) is 9.34. The molecule has 4 nitrogen and oxygen atoms in total.